The fraction of sp³-hybridized carbons (Fsp3) is 0.400. The lowest BCUT2D eigenvalue weighted by atomic mass is 10.1. The zero-order valence-corrected chi connectivity index (χ0v) is 13.4. The molecule has 0 aliphatic rings. The Hall–Kier alpha value is -1.17. The Morgan fingerprint density at radius 3 is 2.15 bits per heavy atom. The maximum Gasteiger partial charge on any atom is 0.293 e. The average molecular weight is 309 g/mol. The number of hydrogen-bond donors (Lipinski definition) is 1. The number of hydrogen-bond acceptors (Lipinski definition) is 5. The molecule has 0 saturated carbocycles. The minimum Gasteiger partial charge on any atom is -0.468 e. The summed E-state index contributed by atoms with van der Waals surface area (Å²) in [6, 6.07) is 4.47. The van der Waals surface area contributed by atoms with Gasteiger partial charge in [-0.15, -0.1) is 22.7 Å². The number of carbonyl (C=O) groups is 1. The van der Waals surface area contributed by atoms with E-state index in [9.17, 15) is 4.79 Å². The van der Waals surface area contributed by atoms with Crippen LogP contribution in [0.25, 0.3) is 9.75 Å². The van der Waals surface area contributed by atoms with Gasteiger partial charge >= 0.3 is 0 Å². The van der Waals surface area contributed by atoms with Gasteiger partial charge in [-0.2, -0.15) is 0 Å². The van der Waals surface area contributed by atoms with Crippen molar-refractivity contribution in [3.8, 4) is 9.75 Å². The maximum atomic E-state index is 10.2. The summed E-state index contributed by atoms with van der Waals surface area (Å²) in [7, 11) is 0. The molecule has 2 rings (SSSR count). The first-order chi connectivity index (χ1) is 9.65. The fourth-order valence-electron chi connectivity index (χ4n) is 2.15. The summed E-state index contributed by atoms with van der Waals surface area (Å²) in [5, 5.41) is 0. The van der Waals surface area contributed by atoms with Gasteiger partial charge in [0.25, 0.3) is 6.47 Å². The van der Waals surface area contributed by atoms with Crippen LogP contribution in [-0.4, -0.2) is 19.6 Å². The van der Waals surface area contributed by atoms with Crippen molar-refractivity contribution < 1.29 is 9.53 Å². The quantitative estimate of drug-likeness (QED) is 0.630. The molecule has 2 heterocycles. The molecule has 0 radical (unpaired) electrons. The maximum absolute atomic E-state index is 10.2. The highest BCUT2D eigenvalue weighted by Gasteiger charge is 2.11. The van der Waals surface area contributed by atoms with Gasteiger partial charge < -0.3 is 10.5 Å². The molecule has 3 nitrogen and oxygen atoms in total. The third-order valence-corrected chi connectivity index (χ3v) is 5.64. The lowest BCUT2D eigenvalue weighted by Gasteiger charge is -1.97. The van der Waals surface area contributed by atoms with E-state index in [0.29, 0.717) is 19.6 Å². The van der Waals surface area contributed by atoms with Crippen LogP contribution < -0.4 is 5.73 Å². The van der Waals surface area contributed by atoms with Gasteiger partial charge in [-0.05, 0) is 50.1 Å². The van der Waals surface area contributed by atoms with Crippen molar-refractivity contribution in [2.75, 3.05) is 13.2 Å². The van der Waals surface area contributed by atoms with Gasteiger partial charge in [-0.1, -0.05) is 0 Å². The number of aryl methyl sites for hydroxylation is 2. The zero-order chi connectivity index (χ0) is 14.5. The molecule has 0 unspecified atom stereocenters. The summed E-state index contributed by atoms with van der Waals surface area (Å²) in [4.78, 5) is 15.4. The van der Waals surface area contributed by atoms with E-state index in [4.69, 9.17) is 10.5 Å². The van der Waals surface area contributed by atoms with Gasteiger partial charge in [0.1, 0.15) is 0 Å². The number of thiophene rings is 2. The second kappa shape index (κ2) is 7.02. The van der Waals surface area contributed by atoms with E-state index in [-0.39, 0.29) is 0 Å². The molecule has 0 aliphatic carbocycles. The van der Waals surface area contributed by atoms with Gasteiger partial charge in [0.05, 0.1) is 6.61 Å². The molecule has 0 amide bonds. The van der Waals surface area contributed by atoms with E-state index in [2.05, 4.69) is 26.0 Å². The molecule has 0 saturated heterocycles. The van der Waals surface area contributed by atoms with Crippen LogP contribution in [0.4, 0.5) is 0 Å². The van der Waals surface area contributed by atoms with Crippen molar-refractivity contribution in [1.82, 2.24) is 0 Å². The van der Waals surface area contributed by atoms with Crippen molar-refractivity contribution in [2.45, 2.75) is 26.7 Å². The largest absolute Gasteiger partial charge is 0.468 e. The average Bonchev–Trinajstić information content (AvgIpc) is 2.95. The molecule has 108 valence electrons. The minimum atomic E-state index is 0.447. The van der Waals surface area contributed by atoms with Crippen LogP contribution in [0.3, 0.4) is 0 Å². The Balaban J connectivity index is 2.18. The van der Waals surface area contributed by atoms with E-state index in [1.165, 1.54) is 30.6 Å². The molecular formula is C15H19NO2S2. The lowest BCUT2D eigenvalue weighted by Crippen LogP contribution is -2.02. The standard InChI is InChI=1S/C15H19NO2S2/c1-10-12(3-5-16)7-14(19-10)15-8-13(11(2)20-15)4-6-18-9-17/h7-9H,3-6,16H2,1-2H3. The van der Waals surface area contributed by atoms with Crippen LogP contribution in [-0.2, 0) is 22.4 Å². The number of nitrogens with two attached hydrogens (primary N) is 1. The first-order valence-electron chi connectivity index (χ1n) is 6.60. The van der Waals surface area contributed by atoms with Gasteiger partial charge in [0.2, 0.25) is 0 Å². The van der Waals surface area contributed by atoms with Crippen molar-refractivity contribution >= 4 is 29.1 Å². The van der Waals surface area contributed by atoms with Crippen molar-refractivity contribution in [2.24, 2.45) is 5.73 Å². The molecule has 0 fully saturated rings. The second-order valence-electron chi connectivity index (χ2n) is 4.64. The number of rotatable bonds is 7. The first-order valence-corrected chi connectivity index (χ1v) is 8.23. The summed E-state index contributed by atoms with van der Waals surface area (Å²) in [6.07, 6.45) is 1.72. The monoisotopic (exact) mass is 309 g/mol. The van der Waals surface area contributed by atoms with Crippen LogP contribution >= 0.6 is 22.7 Å². The predicted octanol–water partition coefficient (Wildman–Crippen LogP) is 3.31. The predicted molar refractivity (Wildman–Crippen MR) is 85.6 cm³/mol. The smallest absolute Gasteiger partial charge is 0.293 e. The van der Waals surface area contributed by atoms with E-state index < -0.39 is 0 Å². The van der Waals surface area contributed by atoms with Gasteiger partial charge in [0, 0.05) is 25.9 Å². The normalized spacial score (nSPS) is 10.8. The number of carbonyl (C=O) groups excluding carboxylic acids is 1. The third kappa shape index (κ3) is 3.48. The molecule has 0 bridgehead atoms. The second-order valence-corrected chi connectivity index (χ2v) is 7.15. The van der Waals surface area contributed by atoms with Crippen LogP contribution in [0, 0.1) is 13.8 Å². The summed E-state index contributed by atoms with van der Waals surface area (Å²) in [6.45, 7) is 5.91. The molecule has 0 aromatic carbocycles. The third-order valence-electron chi connectivity index (χ3n) is 3.25. The lowest BCUT2D eigenvalue weighted by molar-refractivity contribution is -0.128. The van der Waals surface area contributed by atoms with Crippen molar-refractivity contribution in [1.29, 1.82) is 0 Å². The highest BCUT2D eigenvalue weighted by atomic mass is 32.1. The Morgan fingerprint density at radius 2 is 1.65 bits per heavy atom. The SMILES string of the molecule is Cc1sc(-c2cc(CCOC=O)c(C)s2)cc1CCN. The molecule has 5 heteroatoms. The first kappa shape index (κ1) is 15.2. The Kier molecular flexibility index (Phi) is 5.34. The van der Waals surface area contributed by atoms with Crippen LogP contribution in [0.1, 0.15) is 20.9 Å². The molecule has 2 N–H and O–H groups in total. The molecule has 20 heavy (non-hydrogen) atoms. The van der Waals surface area contributed by atoms with Crippen LogP contribution in [0.15, 0.2) is 12.1 Å². The van der Waals surface area contributed by atoms with E-state index in [0.717, 1.165) is 12.8 Å². The molecule has 0 atom stereocenters. The van der Waals surface area contributed by atoms with Gasteiger partial charge in [-0.25, -0.2) is 0 Å². The topological polar surface area (TPSA) is 52.3 Å². The summed E-state index contributed by atoms with van der Waals surface area (Å²) in [5.74, 6) is 0. The molecule has 0 spiro atoms. The zero-order valence-electron chi connectivity index (χ0n) is 11.8. The Bertz CT molecular complexity index is 587. The summed E-state index contributed by atoms with van der Waals surface area (Å²) >= 11 is 3.63. The van der Waals surface area contributed by atoms with Gasteiger partial charge in [-0.3, -0.25) is 4.79 Å². The number of ether oxygens (including phenoxy) is 1. The summed E-state index contributed by atoms with van der Waals surface area (Å²) < 4.78 is 4.78. The van der Waals surface area contributed by atoms with E-state index in [1.54, 1.807) is 11.3 Å². The Labute approximate surface area is 127 Å². The highest BCUT2D eigenvalue weighted by Crippen LogP contribution is 2.37. The van der Waals surface area contributed by atoms with Crippen LogP contribution in [0.2, 0.25) is 0 Å². The summed E-state index contributed by atoms with van der Waals surface area (Å²) in [5.41, 5.74) is 8.25. The van der Waals surface area contributed by atoms with Crippen molar-refractivity contribution in [3.63, 3.8) is 0 Å². The Morgan fingerprint density at radius 1 is 1.10 bits per heavy atom. The van der Waals surface area contributed by atoms with E-state index >= 15 is 0 Å². The molecular weight excluding hydrogens is 290 g/mol. The molecule has 2 aromatic heterocycles. The minimum absolute atomic E-state index is 0.447. The fourth-order valence-corrected chi connectivity index (χ4v) is 4.37. The van der Waals surface area contributed by atoms with Crippen LogP contribution in [0.5, 0.6) is 0 Å². The highest BCUT2D eigenvalue weighted by molar-refractivity contribution is 7.22. The van der Waals surface area contributed by atoms with E-state index in [1.807, 2.05) is 11.3 Å². The molecule has 2 aromatic rings. The molecule has 0 aliphatic heterocycles. The van der Waals surface area contributed by atoms with Gasteiger partial charge in [0.15, 0.2) is 0 Å². The van der Waals surface area contributed by atoms with Crippen molar-refractivity contribution in [3.05, 3.63) is 33.0 Å².